The fourth-order valence-electron chi connectivity index (χ4n) is 1.27. The van der Waals surface area contributed by atoms with Gasteiger partial charge in [0.25, 0.3) is 5.91 Å². The van der Waals surface area contributed by atoms with Gasteiger partial charge in [-0.05, 0) is 18.2 Å². The van der Waals surface area contributed by atoms with Gasteiger partial charge in [0.05, 0.1) is 15.7 Å². The van der Waals surface area contributed by atoms with Crippen LogP contribution in [-0.4, -0.2) is 17.4 Å². The molecule has 2 aromatic rings. The van der Waals surface area contributed by atoms with Crippen LogP contribution in [-0.2, 0) is 0 Å². The highest BCUT2D eigenvalue weighted by molar-refractivity contribution is 9.11. The molecule has 16 heavy (non-hydrogen) atoms. The topological polar surface area (TPSA) is 42.0 Å². The third kappa shape index (κ3) is 2.48. The summed E-state index contributed by atoms with van der Waals surface area (Å²) in [6.45, 7) is 4.09. The Kier molecular flexibility index (Phi) is 3.36. The third-order valence-corrected chi connectivity index (χ3v) is 3.11. The normalized spacial score (nSPS) is 10.3. The molecule has 0 radical (unpaired) electrons. The zero-order valence-electron chi connectivity index (χ0n) is 8.37. The summed E-state index contributed by atoms with van der Waals surface area (Å²) in [6, 6.07) is 5.47. The number of hydrogen-bond acceptors (Lipinski definition) is 3. The highest BCUT2D eigenvalue weighted by Crippen LogP contribution is 2.18. The summed E-state index contributed by atoms with van der Waals surface area (Å²) in [4.78, 5) is 15.9. The summed E-state index contributed by atoms with van der Waals surface area (Å²) in [5, 5.41) is 2.75. The lowest BCUT2D eigenvalue weighted by molar-refractivity contribution is 0.0958. The molecule has 0 fully saturated rings. The molecule has 0 saturated carbocycles. The minimum absolute atomic E-state index is 0.101. The van der Waals surface area contributed by atoms with Crippen LogP contribution in [0.15, 0.2) is 34.8 Å². The van der Waals surface area contributed by atoms with E-state index in [4.69, 9.17) is 0 Å². The number of aromatic nitrogens is 1. The Hall–Kier alpha value is -1.20. The summed E-state index contributed by atoms with van der Waals surface area (Å²) in [5.74, 6) is -0.101. The summed E-state index contributed by atoms with van der Waals surface area (Å²) in [7, 11) is 0. The average molecular weight is 297 g/mol. The van der Waals surface area contributed by atoms with Crippen LogP contribution < -0.4 is 5.32 Å². The number of nitrogens with one attached hydrogen (secondary N) is 1. The van der Waals surface area contributed by atoms with Crippen LogP contribution in [0.4, 0.5) is 0 Å². The number of hydrogen-bond donors (Lipinski definition) is 1. The number of rotatable bonds is 3. The number of fused-ring (bicyclic) bond motifs is 1. The van der Waals surface area contributed by atoms with Crippen molar-refractivity contribution in [1.29, 1.82) is 0 Å². The maximum Gasteiger partial charge on any atom is 0.251 e. The Morgan fingerprint density at radius 2 is 2.38 bits per heavy atom. The van der Waals surface area contributed by atoms with E-state index in [0.717, 1.165) is 14.7 Å². The van der Waals surface area contributed by atoms with E-state index in [0.29, 0.717) is 12.1 Å². The first-order valence-electron chi connectivity index (χ1n) is 4.61. The molecule has 0 unspecified atom stereocenters. The number of halogens is 1. The largest absolute Gasteiger partial charge is 0.347 e. The van der Waals surface area contributed by atoms with Gasteiger partial charge in [0, 0.05) is 16.6 Å². The van der Waals surface area contributed by atoms with Gasteiger partial charge in [-0.1, -0.05) is 22.5 Å². The molecule has 0 bridgehead atoms. The van der Waals surface area contributed by atoms with E-state index in [1.807, 2.05) is 12.1 Å². The van der Waals surface area contributed by atoms with Crippen LogP contribution >= 0.6 is 27.3 Å². The molecule has 1 aromatic carbocycles. The molecule has 0 aliphatic carbocycles. The Bertz CT molecular complexity index is 550. The standard InChI is InChI=1S/C11H9BrN2OS/c1-7(12)5-13-11(15)8-2-3-9-10(4-8)16-6-14-9/h2-4,6H,1,5H2,(H,13,15). The van der Waals surface area contributed by atoms with Gasteiger partial charge in [0.2, 0.25) is 0 Å². The van der Waals surface area contributed by atoms with E-state index in [2.05, 4.69) is 32.8 Å². The quantitative estimate of drug-likeness (QED) is 0.946. The molecule has 1 heterocycles. The van der Waals surface area contributed by atoms with Crippen LogP contribution in [0.2, 0.25) is 0 Å². The Balaban J connectivity index is 2.19. The molecular weight excluding hydrogens is 288 g/mol. The predicted octanol–water partition coefficient (Wildman–Crippen LogP) is 2.93. The second-order valence-corrected chi connectivity index (χ2v) is 5.24. The second-order valence-electron chi connectivity index (χ2n) is 3.23. The van der Waals surface area contributed by atoms with Gasteiger partial charge in [-0.2, -0.15) is 0 Å². The smallest absolute Gasteiger partial charge is 0.251 e. The minimum Gasteiger partial charge on any atom is -0.347 e. The number of carbonyl (C=O) groups is 1. The second kappa shape index (κ2) is 4.76. The van der Waals surface area contributed by atoms with Crippen LogP contribution in [0.5, 0.6) is 0 Å². The Morgan fingerprint density at radius 3 is 3.12 bits per heavy atom. The molecule has 0 aliphatic rings. The van der Waals surface area contributed by atoms with Gasteiger partial charge in [-0.3, -0.25) is 4.79 Å². The number of carbonyl (C=O) groups excluding carboxylic acids is 1. The minimum atomic E-state index is -0.101. The van der Waals surface area contributed by atoms with E-state index in [-0.39, 0.29) is 5.91 Å². The zero-order valence-corrected chi connectivity index (χ0v) is 10.8. The Morgan fingerprint density at radius 1 is 1.56 bits per heavy atom. The Labute approximate surface area is 105 Å². The van der Waals surface area contributed by atoms with E-state index < -0.39 is 0 Å². The van der Waals surface area contributed by atoms with Crippen LogP contribution in [0.25, 0.3) is 10.2 Å². The first kappa shape index (κ1) is 11.3. The van der Waals surface area contributed by atoms with E-state index in [9.17, 15) is 4.79 Å². The lowest BCUT2D eigenvalue weighted by atomic mass is 10.2. The molecular formula is C11H9BrN2OS. The van der Waals surface area contributed by atoms with Crippen LogP contribution in [0.3, 0.4) is 0 Å². The first-order valence-corrected chi connectivity index (χ1v) is 6.29. The van der Waals surface area contributed by atoms with Crippen molar-refractivity contribution in [1.82, 2.24) is 10.3 Å². The van der Waals surface area contributed by atoms with E-state index >= 15 is 0 Å². The molecule has 0 aliphatic heterocycles. The van der Waals surface area contributed by atoms with E-state index in [1.54, 1.807) is 11.6 Å². The van der Waals surface area contributed by atoms with Gasteiger partial charge in [-0.15, -0.1) is 11.3 Å². The fourth-order valence-corrected chi connectivity index (χ4v) is 2.13. The molecule has 1 aromatic heterocycles. The molecule has 82 valence electrons. The number of benzene rings is 1. The average Bonchev–Trinajstić information content (AvgIpc) is 2.72. The van der Waals surface area contributed by atoms with Crippen molar-refractivity contribution < 1.29 is 4.79 Å². The summed E-state index contributed by atoms with van der Waals surface area (Å²) in [6.07, 6.45) is 0. The van der Waals surface area contributed by atoms with Crippen molar-refractivity contribution in [3.8, 4) is 0 Å². The molecule has 0 saturated heterocycles. The molecule has 5 heteroatoms. The van der Waals surface area contributed by atoms with Crippen molar-refractivity contribution in [2.45, 2.75) is 0 Å². The maximum absolute atomic E-state index is 11.7. The lowest BCUT2D eigenvalue weighted by Crippen LogP contribution is -2.24. The number of thiazole rings is 1. The first-order chi connectivity index (χ1) is 7.66. The monoisotopic (exact) mass is 296 g/mol. The van der Waals surface area contributed by atoms with Crippen molar-refractivity contribution in [3.63, 3.8) is 0 Å². The molecule has 1 N–H and O–H groups in total. The molecule has 1 amide bonds. The molecule has 0 atom stereocenters. The lowest BCUT2D eigenvalue weighted by Gasteiger charge is -2.03. The van der Waals surface area contributed by atoms with Crippen molar-refractivity contribution in [2.24, 2.45) is 0 Å². The van der Waals surface area contributed by atoms with Crippen LogP contribution in [0, 0.1) is 0 Å². The van der Waals surface area contributed by atoms with E-state index in [1.165, 1.54) is 11.3 Å². The number of nitrogens with zero attached hydrogens (tertiary/aromatic N) is 1. The molecule has 3 nitrogen and oxygen atoms in total. The summed E-state index contributed by atoms with van der Waals surface area (Å²) >= 11 is 4.72. The zero-order chi connectivity index (χ0) is 11.5. The van der Waals surface area contributed by atoms with Crippen molar-refractivity contribution in [2.75, 3.05) is 6.54 Å². The van der Waals surface area contributed by atoms with Gasteiger partial charge < -0.3 is 5.32 Å². The van der Waals surface area contributed by atoms with Gasteiger partial charge in [0.1, 0.15) is 0 Å². The predicted molar refractivity (Wildman–Crippen MR) is 70.0 cm³/mol. The highest BCUT2D eigenvalue weighted by atomic mass is 79.9. The van der Waals surface area contributed by atoms with Crippen LogP contribution in [0.1, 0.15) is 10.4 Å². The number of amides is 1. The summed E-state index contributed by atoms with van der Waals surface area (Å²) < 4.78 is 1.77. The summed E-state index contributed by atoms with van der Waals surface area (Å²) in [5.41, 5.74) is 3.34. The van der Waals surface area contributed by atoms with Gasteiger partial charge in [-0.25, -0.2) is 4.98 Å². The third-order valence-electron chi connectivity index (χ3n) is 2.03. The van der Waals surface area contributed by atoms with Crippen molar-refractivity contribution >= 4 is 43.4 Å². The van der Waals surface area contributed by atoms with Crippen molar-refractivity contribution in [3.05, 3.63) is 40.3 Å². The highest BCUT2D eigenvalue weighted by Gasteiger charge is 2.06. The fraction of sp³-hybridized carbons (Fsp3) is 0.0909. The van der Waals surface area contributed by atoms with Gasteiger partial charge >= 0.3 is 0 Å². The maximum atomic E-state index is 11.7. The molecule has 0 spiro atoms. The molecule has 2 rings (SSSR count). The SMILES string of the molecule is C=C(Br)CNC(=O)c1ccc2ncsc2c1. The van der Waals surface area contributed by atoms with Gasteiger partial charge in [0.15, 0.2) is 0 Å².